The van der Waals surface area contributed by atoms with Gasteiger partial charge in [0.05, 0.1) is 17.5 Å². The van der Waals surface area contributed by atoms with E-state index in [0.717, 1.165) is 17.0 Å². The molecule has 0 aliphatic carbocycles. The molecule has 10 heteroatoms. The topological polar surface area (TPSA) is 92.9 Å². The summed E-state index contributed by atoms with van der Waals surface area (Å²) >= 11 is 0. The van der Waals surface area contributed by atoms with Gasteiger partial charge in [-0.1, -0.05) is 12.1 Å². The first-order valence-electron chi connectivity index (χ1n) is 8.88. The van der Waals surface area contributed by atoms with Crippen molar-refractivity contribution < 1.29 is 37.0 Å². The van der Waals surface area contributed by atoms with E-state index in [0.29, 0.717) is 0 Å². The van der Waals surface area contributed by atoms with Gasteiger partial charge in [-0.3, -0.25) is 19.5 Å². The molecule has 0 spiro atoms. The van der Waals surface area contributed by atoms with Gasteiger partial charge in [0.2, 0.25) is 5.78 Å². The van der Waals surface area contributed by atoms with Crippen molar-refractivity contribution in [2.75, 3.05) is 4.90 Å². The minimum atomic E-state index is -4.94. The quantitative estimate of drug-likeness (QED) is 0.605. The Bertz CT molecular complexity index is 1160. The molecule has 0 bridgehead atoms. The van der Waals surface area contributed by atoms with Crippen molar-refractivity contribution in [1.29, 1.82) is 0 Å². The summed E-state index contributed by atoms with van der Waals surface area (Å²) in [7, 11) is 0. The number of alkyl halides is 3. The van der Waals surface area contributed by atoms with Crippen LogP contribution < -0.4 is 9.64 Å². The van der Waals surface area contributed by atoms with E-state index in [-0.39, 0.29) is 22.7 Å². The average molecular weight is 430 g/mol. The smallest absolute Gasteiger partial charge is 0.503 e. The van der Waals surface area contributed by atoms with Crippen molar-refractivity contribution in [2.24, 2.45) is 0 Å². The van der Waals surface area contributed by atoms with E-state index in [4.69, 9.17) is 4.42 Å². The molecule has 31 heavy (non-hydrogen) atoms. The summed E-state index contributed by atoms with van der Waals surface area (Å²) in [6.07, 6.45) is -2.26. The van der Waals surface area contributed by atoms with Crippen LogP contribution >= 0.6 is 0 Å². The number of halogens is 3. The Morgan fingerprint density at radius 3 is 2.58 bits per heavy atom. The fourth-order valence-electron chi connectivity index (χ4n) is 3.29. The van der Waals surface area contributed by atoms with E-state index < -0.39 is 35.6 Å². The largest absolute Gasteiger partial charge is 0.573 e. The number of Topliss-reactive ketones (excluding diaryl/α,β-unsaturated/α-hetero) is 1. The highest BCUT2D eigenvalue weighted by molar-refractivity contribution is 6.20. The average Bonchev–Trinajstić information content (AvgIpc) is 3.35. The molecular weight excluding hydrogens is 417 g/mol. The summed E-state index contributed by atoms with van der Waals surface area (Å²) in [6, 6.07) is 11.0. The maximum atomic E-state index is 13.0. The number of aromatic nitrogens is 1. The lowest BCUT2D eigenvalue weighted by Gasteiger charge is -2.26. The van der Waals surface area contributed by atoms with Crippen LogP contribution in [0.1, 0.15) is 22.3 Å². The number of ether oxygens (including phenoxy) is 1. The molecule has 3 heterocycles. The molecule has 0 saturated heterocycles. The first kappa shape index (κ1) is 20.2. The zero-order chi connectivity index (χ0) is 22.2. The number of anilines is 1. The molecule has 0 radical (unpaired) electrons. The molecule has 2 aromatic heterocycles. The molecule has 1 unspecified atom stereocenters. The zero-order valence-corrected chi connectivity index (χ0v) is 15.5. The van der Waals surface area contributed by atoms with E-state index in [1.54, 1.807) is 12.1 Å². The van der Waals surface area contributed by atoms with Crippen molar-refractivity contribution in [3.8, 4) is 5.75 Å². The van der Waals surface area contributed by atoms with Gasteiger partial charge in [-0.15, -0.1) is 13.2 Å². The van der Waals surface area contributed by atoms with Crippen molar-refractivity contribution >= 4 is 17.4 Å². The summed E-state index contributed by atoms with van der Waals surface area (Å²) in [5.74, 6) is -3.26. The van der Waals surface area contributed by atoms with Crippen LogP contribution in [-0.2, 0) is 4.79 Å². The van der Waals surface area contributed by atoms with Crippen molar-refractivity contribution in [1.82, 2.24) is 4.98 Å². The number of nitrogens with zero attached hydrogens (tertiary/aromatic N) is 2. The lowest BCUT2D eigenvalue weighted by molar-refractivity contribution is -0.274. The van der Waals surface area contributed by atoms with Crippen LogP contribution in [0.25, 0.3) is 0 Å². The summed E-state index contributed by atoms with van der Waals surface area (Å²) in [5, 5.41) is 10.5. The number of benzene rings is 1. The predicted molar refractivity (Wildman–Crippen MR) is 100 cm³/mol. The first-order chi connectivity index (χ1) is 14.8. The summed E-state index contributed by atoms with van der Waals surface area (Å²) in [5.41, 5.74) is -0.117. The minimum Gasteiger partial charge on any atom is -0.503 e. The molecule has 3 aromatic rings. The lowest BCUT2D eigenvalue weighted by atomic mass is 9.98. The molecule has 1 atom stereocenters. The van der Waals surface area contributed by atoms with Gasteiger partial charge in [-0.05, 0) is 36.4 Å². The fraction of sp³-hybridized carbons (Fsp3) is 0.0952. The monoisotopic (exact) mass is 430 g/mol. The van der Waals surface area contributed by atoms with E-state index in [1.807, 2.05) is 0 Å². The van der Waals surface area contributed by atoms with Gasteiger partial charge in [0, 0.05) is 18.0 Å². The minimum absolute atomic E-state index is 0.0313. The number of carbonyl (C=O) groups excluding carboxylic acids is 2. The first-order valence-corrected chi connectivity index (χ1v) is 8.88. The number of hydrogen-bond acceptors (Lipinski definition) is 6. The maximum absolute atomic E-state index is 13.0. The van der Waals surface area contributed by atoms with Gasteiger partial charge in [0.25, 0.3) is 5.91 Å². The second-order valence-electron chi connectivity index (χ2n) is 6.45. The molecule has 4 rings (SSSR count). The number of aliphatic hydroxyl groups excluding tert-OH is 1. The van der Waals surface area contributed by atoms with Gasteiger partial charge in [0.15, 0.2) is 11.5 Å². The number of aliphatic hydroxyl groups is 1. The van der Waals surface area contributed by atoms with E-state index in [2.05, 4.69) is 9.72 Å². The second kappa shape index (κ2) is 7.63. The normalized spacial score (nSPS) is 16.7. The number of pyridine rings is 1. The summed E-state index contributed by atoms with van der Waals surface area (Å²) in [4.78, 5) is 31.1. The number of rotatable bonds is 5. The van der Waals surface area contributed by atoms with E-state index >= 15 is 0 Å². The van der Waals surface area contributed by atoms with Gasteiger partial charge in [0.1, 0.15) is 11.8 Å². The van der Waals surface area contributed by atoms with Gasteiger partial charge in [-0.2, -0.15) is 0 Å². The number of furan rings is 1. The second-order valence-corrected chi connectivity index (χ2v) is 6.45. The molecule has 1 aliphatic rings. The van der Waals surface area contributed by atoms with E-state index in [9.17, 15) is 27.9 Å². The van der Waals surface area contributed by atoms with Crippen LogP contribution in [-0.4, -0.2) is 28.1 Å². The third-order valence-corrected chi connectivity index (χ3v) is 4.50. The molecule has 158 valence electrons. The fourth-order valence-corrected chi connectivity index (χ4v) is 3.29. The van der Waals surface area contributed by atoms with Crippen molar-refractivity contribution in [3.05, 3.63) is 89.8 Å². The van der Waals surface area contributed by atoms with Crippen LogP contribution in [0.15, 0.2) is 82.8 Å². The Morgan fingerprint density at radius 1 is 1.13 bits per heavy atom. The Labute approximate surface area is 173 Å². The third-order valence-electron chi connectivity index (χ3n) is 4.50. The Morgan fingerprint density at radius 2 is 1.94 bits per heavy atom. The van der Waals surface area contributed by atoms with Crippen LogP contribution in [0.3, 0.4) is 0 Å². The van der Waals surface area contributed by atoms with Gasteiger partial charge >= 0.3 is 6.36 Å². The van der Waals surface area contributed by atoms with Crippen LogP contribution in [0.4, 0.5) is 18.9 Å². The predicted octanol–water partition coefficient (Wildman–Crippen LogP) is 4.36. The van der Waals surface area contributed by atoms with E-state index in [1.165, 1.54) is 42.8 Å². The number of amides is 1. The SMILES string of the molecule is O=C(C1=C(O)C(=O)N(c2cccc(OC(F)(F)F)c2)C1c1ccccn1)c1ccco1. The summed E-state index contributed by atoms with van der Waals surface area (Å²) in [6.45, 7) is 0. The van der Waals surface area contributed by atoms with Crippen molar-refractivity contribution in [3.63, 3.8) is 0 Å². The Kier molecular flexibility index (Phi) is 4.97. The Hall–Kier alpha value is -4.08. The molecule has 1 aromatic carbocycles. The summed E-state index contributed by atoms with van der Waals surface area (Å²) < 4.78 is 46.9. The Balaban J connectivity index is 1.82. The van der Waals surface area contributed by atoms with Crippen LogP contribution in [0, 0.1) is 0 Å². The number of hydrogen-bond donors (Lipinski definition) is 1. The highest BCUT2D eigenvalue weighted by atomic mass is 19.4. The number of ketones is 1. The molecule has 0 fully saturated rings. The number of carbonyl (C=O) groups is 2. The molecule has 0 saturated carbocycles. The lowest BCUT2D eigenvalue weighted by Crippen LogP contribution is -2.31. The maximum Gasteiger partial charge on any atom is 0.573 e. The molecule has 7 nitrogen and oxygen atoms in total. The molecule has 1 N–H and O–H groups in total. The van der Waals surface area contributed by atoms with Crippen LogP contribution in [0.2, 0.25) is 0 Å². The van der Waals surface area contributed by atoms with Gasteiger partial charge < -0.3 is 14.3 Å². The highest BCUT2D eigenvalue weighted by Crippen LogP contribution is 2.42. The molecule has 1 aliphatic heterocycles. The standard InChI is InChI=1S/C21H13F3N2O5/c22-21(23,24)31-13-6-3-5-12(11-13)26-17(14-7-1-2-9-25-14)16(19(28)20(26)29)18(27)15-8-4-10-30-15/h1-11,17,28H. The van der Waals surface area contributed by atoms with Gasteiger partial charge in [-0.25, -0.2) is 0 Å². The highest BCUT2D eigenvalue weighted by Gasteiger charge is 2.46. The zero-order valence-electron chi connectivity index (χ0n) is 15.5. The van der Waals surface area contributed by atoms with Crippen LogP contribution in [0.5, 0.6) is 5.75 Å². The third kappa shape index (κ3) is 3.87. The molecular formula is C21H13F3N2O5. The van der Waals surface area contributed by atoms with Crippen molar-refractivity contribution in [2.45, 2.75) is 12.4 Å². The molecule has 1 amide bonds.